The van der Waals surface area contributed by atoms with Crippen molar-refractivity contribution in [3.63, 3.8) is 0 Å². The molecule has 2 aromatic rings. The van der Waals surface area contributed by atoms with Gasteiger partial charge < -0.3 is 14.4 Å². The Balaban J connectivity index is 1.74. The van der Waals surface area contributed by atoms with Gasteiger partial charge in [0.25, 0.3) is 5.91 Å². The molecule has 5 nitrogen and oxygen atoms in total. The first kappa shape index (κ1) is 20.1. The van der Waals surface area contributed by atoms with Gasteiger partial charge in [-0.3, -0.25) is 9.59 Å². The summed E-state index contributed by atoms with van der Waals surface area (Å²) in [7, 11) is 1.96. The van der Waals surface area contributed by atoms with E-state index in [0.29, 0.717) is 24.6 Å². The zero-order valence-electron chi connectivity index (χ0n) is 16.8. The molecule has 1 aliphatic carbocycles. The zero-order chi connectivity index (χ0) is 20.3. The van der Waals surface area contributed by atoms with Crippen molar-refractivity contribution in [1.82, 2.24) is 14.4 Å². The monoisotopic (exact) mass is 385 g/mol. The van der Waals surface area contributed by atoms with E-state index in [-0.39, 0.29) is 30.2 Å². The third-order valence-corrected chi connectivity index (χ3v) is 4.99. The average molecular weight is 385 g/mol. The molecule has 150 valence electrons. The fraction of sp³-hybridized carbons (Fsp3) is 0.455. The van der Waals surface area contributed by atoms with E-state index in [1.165, 1.54) is 24.3 Å². The topological polar surface area (TPSA) is 45.6 Å². The highest BCUT2D eigenvalue weighted by Gasteiger charge is 2.35. The normalized spacial score (nSPS) is 13.6. The van der Waals surface area contributed by atoms with Crippen molar-refractivity contribution < 1.29 is 14.0 Å². The number of aryl methyl sites for hydroxylation is 1. The summed E-state index contributed by atoms with van der Waals surface area (Å²) < 4.78 is 15.2. The van der Waals surface area contributed by atoms with Crippen molar-refractivity contribution in [2.45, 2.75) is 39.3 Å². The lowest BCUT2D eigenvalue weighted by atomic mass is 10.1. The Morgan fingerprint density at radius 1 is 1.18 bits per heavy atom. The number of hydrogen-bond donors (Lipinski definition) is 0. The van der Waals surface area contributed by atoms with Crippen LogP contribution < -0.4 is 0 Å². The number of nitrogens with zero attached hydrogens (tertiary/aromatic N) is 3. The van der Waals surface area contributed by atoms with E-state index in [0.717, 1.165) is 18.5 Å². The standard InChI is InChI=1S/C22H28FN3O2/c1-16(2)13-25(14-20-5-4-12-24(20)3)21(27)15-26(19-10-11-19)22(28)17-6-8-18(23)9-7-17/h4-9,12,16,19H,10-11,13-15H2,1-3H3. The Kier molecular flexibility index (Phi) is 6.17. The molecule has 0 bridgehead atoms. The van der Waals surface area contributed by atoms with Gasteiger partial charge in [-0.15, -0.1) is 0 Å². The Morgan fingerprint density at radius 2 is 1.86 bits per heavy atom. The molecular weight excluding hydrogens is 357 g/mol. The number of hydrogen-bond acceptors (Lipinski definition) is 2. The van der Waals surface area contributed by atoms with Crippen LogP contribution >= 0.6 is 0 Å². The Morgan fingerprint density at radius 3 is 2.39 bits per heavy atom. The van der Waals surface area contributed by atoms with Crippen LogP contribution in [0, 0.1) is 11.7 Å². The second kappa shape index (κ2) is 8.59. The third kappa shape index (κ3) is 5.00. The van der Waals surface area contributed by atoms with Gasteiger partial charge in [0.1, 0.15) is 12.4 Å². The van der Waals surface area contributed by atoms with Gasteiger partial charge >= 0.3 is 0 Å². The predicted molar refractivity (Wildman–Crippen MR) is 106 cm³/mol. The van der Waals surface area contributed by atoms with E-state index in [4.69, 9.17) is 0 Å². The van der Waals surface area contributed by atoms with Gasteiger partial charge in [0.2, 0.25) is 5.91 Å². The number of amides is 2. The summed E-state index contributed by atoms with van der Waals surface area (Å²) in [6, 6.07) is 9.57. The van der Waals surface area contributed by atoms with Crippen LogP contribution in [0.3, 0.4) is 0 Å². The minimum absolute atomic E-state index is 0.0536. The molecule has 2 amide bonds. The maximum atomic E-state index is 13.2. The molecule has 0 unspecified atom stereocenters. The summed E-state index contributed by atoms with van der Waals surface area (Å²) in [5.41, 5.74) is 1.47. The number of aromatic nitrogens is 1. The summed E-state index contributed by atoms with van der Waals surface area (Å²) in [6.45, 7) is 5.36. The number of rotatable bonds is 8. The third-order valence-electron chi connectivity index (χ3n) is 4.99. The molecule has 1 aliphatic rings. The fourth-order valence-electron chi connectivity index (χ4n) is 3.31. The fourth-order valence-corrected chi connectivity index (χ4v) is 3.31. The zero-order valence-corrected chi connectivity index (χ0v) is 16.8. The molecule has 1 fully saturated rings. The van der Waals surface area contributed by atoms with Gasteiger partial charge in [-0.2, -0.15) is 0 Å². The minimum Gasteiger partial charge on any atom is -0.353 e. The van der Waals surface area contributed by atoms with Crippen LogP contribution in [0.5, 0.6) is 0 Å². The van der Waals surface area contributed by atoms with E-state index < -0.39 is 0 Å². The average Bonchev–Trinajstić information content (AvgIpc) is 3.41. The number of carbonyl (C=O) groups is 2. The van der Waals surface area contributed by atoms with Crippen molar-refractivity contribution in [2.24, 2.45) is 13.0 Å². The van der Waals surface area contributed by atoms with Gasteiger partial charge in [-0.1, -0.05) is 13.8 Å². The van der Waals surface area contributed by atoms with E-state index in [9.17, 15) is 14.0 Å². The summed E-state index contributed by atoms with van der Waals surface area (Å²) >= 11 is 0. The lowest BCUT2D eigenvalue weighted by Gasteiger charge is -2.29. The van der Waals surface area contributed by atoms with Crippen LogP contribution in [0.25, 0.3) is 0 Å². The predicted octanol–water partition coefficient (Wildman–Crippen LogP) is 3.45. The highest BCUT2D eigenvalue weighted by molar-refractivity contribution is 5.97. The van der Waals surface area contributed by atoms with Gasteiger partial charge in [0, 0.05) is 37.1 Å². The first-order valence-corrected chi connectivity index (χ1v) is 9.79. The summed E-state index contributed by atoms with van der Waals surface area (Å²) in [4.78, 5) is 29.5. The summed E-state index contributed by atoms with van der Waals surface area (Å²) in [6.07, 6.45) is 3.77. The van der Waals surface area contributed by atoms with Gasteiger partial charge in [-0.25, -0.2) is 4.39 Å². The molecule has 3 rings (SSSR count). The molecule has 0 aliphatic heterocycles. The second-order valence-electron chi connectivity index (χ2n) is 7.95. The van der Waals surface area contributed by atoms with E-state index in [1.807, 2.05) is 34.8 Å². The first-order chi connectivity index (χ1) is 13.3. The van der Waals surface area contributed by atoms with Crippen molar-refractivity contribution in [3.8, 4) is 0 Å². The molecule has 1 aromatic heterocycles. The van der Waals surface area contributed by atoms with Crippen LogP contribution in [-0.4, -0.2) is 45.3 Å². The molecule has 6 heteroatoms. The second-order valence-corrected chi connectivity index (χ2v) is 7.95. The number of carbonyl (C=O) groups excluding carboxylic acids is 2. The molecule has 1 aromatic carbocycles. The minimum atomic E-state index is -0.378. The van der Waals surface area contributed by atoms with Crippen LogP contribution in [-0.2, 0) is 18.4 Å². The van der Waals surface area contributed by atoms with Crippen LogP contribution in [0.1, 0.15) is 42.7 Å². The van der Waals surface area contributed by atoms with E-state index in [1.54, 1.807) is 4.90 Å². The molecule has 28 heavy (non-hydrogen) atoms. The molecule has 0 saturated heterocycles. The Labute approximate surface area is 165 Å². The summed E-state index contributed by atoms with van der Waals surface area (Å²) in [5.74, 6) is -0.320. The Bertz CT molecular complexity index is 825. The molecule has 0 spiro atoms. The lowest BCUT2D eigenvalue weighted by molar-refractivity contribution is -0.133. The highest BCUT2D eigenvalue weighted by Crippen LogP contribution is 2.28. The lowest BCUT2D eigenvalue weighted by Crippen LogP contribution is -2.45. The number of benzene rings is 1. The molecular formula is C22H28FN3O2. The maximum Gasteiger partial charge on any atom is 0.254 e. The van der Waals surface area contributed by atoms with Crippen LogP contribution in [0.4, 0.5) is 4.39 Å². The van der Waals surface area contributed by atoms with E-state index in [2.05, 4.69) is 13.8 Å². The van der Waals surface area contributed by atoms with Crippen molar-refractivity contribution in [3.05, 3.63) is 59.7 Å². The smallest absolute Gasteiger partial charge is 0.254 e. The van der Waals surface area contributed by atoms with Gasteiger partial charge in [0.15, 0.2) is 0 Å². The van der Waals surface area contributed by atoms with Gasteiger partial charge in [0.05, 0.1) is 6.54 Å². The first-order valence-electron chi connectivity index (χ1n) is 9.79. The molecule has 0 atom stereocenters. The van der Waals surface area contributed by atoms with Gasteiger partial charge in [-0.05, 0) is 55.2 Å². The Hall–Kier alpha value is -2.63. The maximum absolute atomic E-state index is 13.2. The van der Waals surface area contributed by atoms with Crippen molar-refractivity contribution in [1.29, 1.82) is 0 Å². The molecule has 0 radical (unpaired) electrons. The quantitative estimate of drug-likeness (QED) is 0.699. The molecule has 1 heterocycles. The molecule has 0 N–H and O–H groups in total. The van der Waals surface area contributed by atoms with Crippen molar-refractivity contribution >= 4 is 11.8 Å². The molecule has 1 saturated carbocycles. The van der Waals surface area contributed by atoms with Crippen LogP contribution in [0.15, 0.2) is 42.6 Å². The van der Waals surface area contributed by atoms with E-state index >= 15 is 0 Å². The van der Waals surface area contributed by atoms with Crippen molar-refractivity contribution in [2.75, 3.05) is 13.1 Å². The largest absolute Gasteiger partial charge is 0.353 e. The highest BCUT2D eigenvalue weighted by atomic mass is 19.1. The SMILES string of the molecule is CC(C)CN(Cc1cccn1C)C(=O)CN(C(=O)c1ccc(F)cc1)C1CC1. The van der Waals surface area contributed by atoms with Crippen LogP contribution in [0.2, 0.25) is 0 Å². The summed E-state index contributed by atoms with van der Waals surface area (Å²) in [5, 5.41) is 0. The number of halogens is 1.